The molecular formula is C52H88N2O41. The number of carbonyl (C=O) groups is 2. The van der Waals surface area contributed by atoms with Gasteiger partial charge < -0.3 is 204 Å². The van der Waals surface area contributed by atoms with Gasteiger partial charge in [-0.05, 0) is 0 Å². The average Bonchev–Trinajstić information content (AvgIpc) is 0.778. The van der Waals surface area contributed by atoms with Gasteiger partial charge in [-0.3, -0.25) is 9.59 Å². The van der Waals surface area contributed by atoms with E-state index < -0.39 is 310 Å². The normalized spacial score (nSPS) is 50.8. The maximum Gasteiger partial charge on any atom is 0.217 e. The van der Waals surface area contributed by atoms with Crippen LogP contribution >= 0.6 is 0 Å². The zero-order valence-electron chi connectivity index (χ0n) is 50.4. The van der Waals surface area contributed by atoms with Gasteiger partial charge in [-0.2, -0.15) is 0 Å². The lowest BCUT2D eigenvalue weighted by molar-refractivity contribution is -0.399. The molecule has 8 saturated heterocycles. The standard InChI is InChI=1S/C52H88N2O41/c1-11(61)53-21-29(69)40(17(7-59)83-45(21)80)91-46-22(54-12(2)62)30(70)41(18(8-60)88-46)92-51-39(79)43(94-52-44(34(74)26(66)16(6-58)87-52)95-50-37(77)33(73)25(65)15(5-57)86-50)28(68)20(90-51)10-82-48-38(78)42(93-49-36(76)32(72)24(64)14(4-56)85-49)27(67)19(89-48)9-81-47-35(75)31(71)23(63)13(3-55)84-47/h13-52,55-60,63-80H,3-10H2,1-2H3,(H,53,61)(H,54,62)/t13-,14-,15-,16-,17-,18-,19-,20-,21+,22-,23-,24-,25-,26-,27-,28-,29-,30-,31+,32+,33+,34+,35+,36+,37+,38+,39+,40-,41-,42+,43+,44+,45?,46+,47+,48+,49-,50-,51+,52-/m1/s1. The molecule has 40 atom stereocenters. The zero-order chi connectivity index (χ0) is 69.9. The third-order valence-corrected chi connectivity index (χ3v) is 17.4. The highest BCUT2D eigenvalue weighted by Gasteiger charge is 2.59. The van der Waals surface area contributed by atoms with Crippen LogP contribution in [0.3, 0.4) is 0 Å². The van der Waals surface area contributed by atoms with E-state index in [0.29, 0.717) is 0 Å². The summed E-state index contributed by atoms with van der Waals surface area (Å²) in [7, 11) is 0. The number of amides is 2. The summed E-state index contributed by atoms with van der Waals surface area (Å²) < 4.78 is 86.6. The second kappa shape index (κ2) is 33.9. The van der Waals surface area contributed by atoms with Crippen molar-refractivity contribution in [1.29, 1.82) is 0 Å². The van der Waals surface area contributed by atoms with Crippen LogP contribution in [0.1, 0.15) is 13.8 Å². The number of aliphatic hydroxyl groups excluding tert-OH is 24. The van der Waals surface area contributed by atoms with Gasteiger partial charge in [0.05, 0.1) is 52.9 Å². The molecule has 0 aliphatic carbocycles. The molecule has 95 heavy (non-hydrogen) atoms. The molecule has 0 bridgehead atoms. The maximum atomic E-state index is 12.8. The molecule has 552 valence electrons. The van der Waals surface area contributed by atoms with E-state index in [-0.39, 0.29) is 0 Å². The number of hydrogen-bond acceptors (Lipinski definition) is 41. The summed E-state index contributed by atoms with van der Waals surface area (Å²) in [6, 6.07) is -3.49. The Morgan fingerprint density at radius 3 is 1.02 bits per heavy atom. The van der Waals surface area contributed by atoms with Gasteiger partial charge in [-0.1, -0.05) is 0 Å². The van der Waals surface area contributed by atoms with Crippen LogP contribution in [0, 0.1) is 0 Å². The van der Waals surface area contributed by atoms with E-state index in [2.05, 4.69) is 10.6 Å². The molecule has 0 aromatic heterocycles. The van der Waals surface area contributed by atoms with Crippen molar-refractivity contribution in [3.63, 3.8) is 0 Å². The van der Waals surface area contributed by atoms with Crippen LogP contribution in [0.2, 0.25) is 0 Å². The lowest BCUT2D eigenvalue weighted by Crippen LogP contribution is -2.70. The molecule has 0 aromatic rings. The molecule has 0 radical (unpaired) electrons. The third-order valence-electron chi connectivity index (χ3n) is 17.4. The molecule has 1 unspecified atom stereocenters. The topological polar surface area (TPSA) is 682 Å². The van der Waals surface area contributed by atoms with Gasteiger partial charge in [-0.25, -0.2) is 0 Å². The van der Waals surface area contributed by atoms with Gasteiger partial charge in [0, 0.05) is 13.8 Å². The van der Waals surface area contributed by atoms with Crippen molar-refractivity contribution < 1.29 is 203 Å². The van der Waals surface area contributed by atoms with Gasteiger partial charge in [0.25, 0.3) is 0 Å². The number of carbonyl (C=O) groups excluding carboxylic acids is 2. The molecule has 8 rings (SSSR count). The second-order valence-corrected chi connectivity index (χ2v) is 23.9. The van der Waals surface area contributed by atoms with E-state index in [1.807, 2.05) is 0 Å². The zero-order valence-corrected chi connectivity index (χ0v) is 50.4. The maximum absolute atomic E-state index is 12.8. The molecule has 26 N–H and O–H groups in total. The van der Waals surface area contributed by atoms with Crippen molar-refractivity contribution in [1.82, 2.24) is 10.6 Å². The Morgan fingerprint density at radius 1 is 0.274 bits per heavy atom. The molecule has 8 fully saturated rings. The van der Waals surface area contributed by atoms with Gasteiger partial charge in [0.15, 0.2) is 50.3 Å². The van der Waals surface area contributed by atoms with Gasteiger partial charge >= 0.3 is 0 Å². The van der Waals surface area contributed by atoms with Crippen LogP contribution in [-0.2, 0) is 80.6 Å². The average molecular weight is 1400 g/mol. The minimum Gasteiger partial charge on any atom is -0.394 e. The van der Waals surface area contributed by atoms with Crippen LogP contribution in [0.5, 0.6) is 0 Å². The lowest BCUT2D eigenvalue weighted by Gasteiger charge is -2.50. The fraction of sp³-hybridized carbons (Fsp3) is 0.962. The first kappa shape index (κ1) is 78.1. The highest BCUT2D eigenvalue weighted by atomic mass is 16.8. The van der Waals surface area contributed by atoms with E-state index in [4.69, 9.17) is 71.1 Å². The van der Waals surface area contributed by atoms with Gasteiger partial charge in [0.2, 0.25) is 11.8 Å². The lowest BCUT2D eigenvalue weighted by atomic mass is 9.94. The first-order valence-electron chi connectivity index (χ1n) is 30.1. The summed E-state index contributed by atoms with van der Waals surface area (Å²) in [5, 5.41) is 266. The second-order valence-electron chi connectivity index (χ2n) is 23.9. The summed E-state index contributed by atoms with van der Waals surface area (Å²) in [5.41, 5.74) is 0. The Hall–Kier alpha value is -2.62. The molecule has 0 aromatic carbocycles. The van der Waals surface area contributed by atoms with Crippen molar-refractivity contribution in [2.75, 3.05) is 52.9 Å². The molecule has 8 heterocycles. The summed E-state index contributed by atoms with van der Waals surface area (Å²) >= 11 is 0. The fourth-order valence-electron chi connectivity index (χ4n) is 12.1. The largest absolute Gasteiger partial charge is 0.394 e. The molecule has 43 heteroatoms. The number of rotatable bonds is 24. The highest BCUT2D eigenvalue weighted by molar-refractivity contribution is 5.73. The predicted octanol–water partition coefficient (Wildman–Crippen LogP) is -18.2. The smallest absolute Gasteiger partial charge is 0.217 e. The molecule has 8 aliphatic rings. The molecular weight excluding hydrogens is 1310 g/mol. The van der Waals surface area contributed by atoms with Gasteiger partial charge in [0.1, 0.15) is 195 Å². The van der Waals surface area contributed by atoms with Crippen molar-refractivity contribution in [3.05, 3.63) is 0 Å². The van der Waals surface area contributed by atoms with Crippen LogP contribution in [-0.4, -0.2) is 433 Å². The van der Waals surface area contributed by atoms with E-state index in [0.717, 1.165) is 13.8 Å². The summed E-state index contributed by atoms with van der Waals surface area (Å²) in [5.74, 6) is -1.68. The fourth-order valence-corrected chi connectivity index (χ4v) is 12.1. The van der Waals surface area contributed by atoms with Crippen LogP contribution < -0.4 is 10.6 Å². The Bertz CT molecular complexity index is 2380. The van der Waals surface area contributed by atoms with E-state index in [1.165, 1.54) is 0 Å². The van der Waals surface area contributed by atoms with Gasteiger partial charge in [-0.15, -0.1) is 0 Å². The van der Waals surface area contributed by atoms with Crippen LogP contribution in [0.15, 0.2) is 0 Å². The Kier molecular flexibility index (Phi) is 27.9. The molecule has 0 saturated carbocycles. The third kappa shape index (κ3) is 17.0. The van der Waals surface area contributed by atoms with Crippen molar-refractivity contribution in [2.45, 2.75) is 259 Å². The SMILES string of the molecule is CC(=O)N[C@H]1[C@H](O[C@H]2[C@H](O)[C@H](NC(C)=O)C(O)O[C@@H]2CO)O[C@H](CO)[C@@H](O[C@@H]2O[C@H](CO[C@H]3O[C@H](CO[C@H]4O[C@H](CO)[C@@H](O)[C@H](O)[C@@H]4O)[C@@H](O)[C@H](O[C@H]4O[C@H](CO)[C@@H](O)[C@H](O)[C@@H]4O)[C@@H]3O)[C@@H](O)[C@H](O[C@H]3O[C@H](CO)[C@@H](O)[C@H](O)[C@@H]3O[C@H]3O[C@H](CO)[C@@H](O)[C@H](O)[C@@H]3O)[C@@H]2O)[C@@H]1O. The Labute approximate surface area is 536 Å². The van der Waals surface area contributed by atoms with E-state index >= 15 is 0 Å². The predicted molar refractivity (Wildman–Crippen MR) is 288 cm³/mol. The van der Waals surface area contributed by atoms with Crippen LogP contribution in [0.4, 0.5) is 0 Å². The van der Waals surface area contributed by atoms with Crippen molar-refractivity contribution in [2.24, 2.45) is 0 Å². The summed E-state index contributed by atoms with van der Waals surface area (Å²) in [4.78, 5) is 24.9. The van der Waals surface area contributed by atoms with Crippen molar-refractivity contribution in [3.8, 4) is 0 Å². The monoisotopic (exact) mass is 1400 g/mol. The molecule has 2 amide bonds. The summed E-state index contributed by atoms with van der Waals surface area (Å²) in [6.45, 7) is -6.26. The number of nitrogens with one attached hydrogen (secondary N) is 2. The molecule has 8 aliphatic heterocycles. The van der Waals surface area contributed by atoms with Crippen LogP contribution in [0.25, 0.3) is 0 Å². The number of ether oxygens (including phenoxy) is 15. The minimum absolute atomic E-state index is 0.766. The van der Waals surface area contributed by atoms with Crippen molar-refractivity contribution >= 4 is 11.8 Å². The molecule has 43 nitrogen and oxygen atoms in total. The molecule has 0 spiro atoms. The van der Waals surface area contributed by atoms with E-state index in [9.17, 15) is 132 Å². The minimum atomic E-state index is -2.49. The van der Waals surface area contributed by atoms with E-state index in [1.54, 1.807) is 0 Å². The number of aliphatic hydroxyl groups is 24. The highest BCUT2D eigenvalue weighted by Crippen LogP contribution is 2.38. The quantitative estimate of drug-likeness (QED) is 0.0427. The summed E-state index contributed by atoms with van der Waals surface area (Å²) in [6.07, 6.45) is -77.9. The Morgan fingerprint density at radius 2 is 0.568 bits per heavy atom. The first-order valence-corrected chi connectivity index (χ1v) is 30.1. The first-order chi connectivity index (χ1) is 44.9. The Balaban J connectivity index is 1.12. The number of hydrogen-bond donors (Lipinski definition) is 26.